The van der Waals surface area contributed by atoms with Crippen LogP contribution in [0.4, 0.5) is 14.5 Å². The third-order valence-electron chi connectivity index (χ3n) is 8.04. The molecule has 1 fully saturated rings. The largest absolute Gasteiger partial charge is 0.493 e. The molecular formula is C33H29F2N5O6. The van der Waals surface area contributed by atoms with E-state index >= 15 is 4.39 Å². The Morgan fingerprint density at radius 1 is 1.02 bits per heavy atom. The number of hydrogen-bond donors (Lipinski definition) is 1. The first-order valence-corrected chi connectivity index (χ1v) is 14.9. The fraction of sp³-hybridized carbons (Fsp3) is 0.273. The minimum absolute atomic E-state index is 0.0324. The maximum atomic E-state index is 15.4. The molecule has 5 aromatic rings. The van der Waals surface area contributed by atoms with Crippen LogP contribution in [0.25, 0.3) is 16.6 Å². The van der Waals surface area contributed by atoms with Gasteiger partial charge in [-0.05, 0) is 61.7 Å². The van der Waals surface area contributed by atoms with E-state index in [2.05, 4.69) is 15.3 Å². The fourth-order valence-electron chi connectivity index (χ4n) is 5.82. The summed E-state index contributed by atoms with van der Waals surface area (Å²) in [5.74, 6) is -0.978. The Balaban J connectivity index is 1.14. The van der Waals surface area contributed by atoms with Crippen LogP contribution in [0.2, 0.25) is 0 Å². The van der Waals surface area contributed by atoms with Gasteiger partial charge in [0.25, 0.3) is 11.5 Å². The predicted octanol–water partition coefficient (Wildman–Crippen LogP) is 5.42. The molecule has 1 amide bonds. The first-order valence-electron chi connectivity index (χ1n) is 14.9. The van der Waals surface area contributed by atoms with E-state index in [0.717, 1.165) is 25.3 Å². The molecule has 46 heavy (non-hydrogen) atoms. The van der Waals surface area contributed by atoms with Gasteiger partial charge in [-0.3, -0.25) is 14.3 Å². The molecule has 1 saturated heterocycles. The number of halogens is 2. The molecular weight excluding hydrogens is 600 g/mol. The minimum Gasteiger partial charge on any atom is -0.493 e. The summed E-state index contributed by atoms with van der Waals surface area (Å²) >= 11 is 0. The van der Waals surface area contributed by atoms with Gasteiger partial charge in [0.2, 0.25) is 5.88 Å². The summed E-state index contributed by atoms with van der Waals surface area (Å²) in [5, 5.41) is 3.12. The van der Waals surface area contributed by atoms with Gasteiger partial charge in [0.15, 0.2) is 23.1 Å². The number of ether oxygens (including phenoxy) is 4. The van der Waals surface area contributed by atoms with Gasteiger partial charge in [-0.1, -0.05) is 0 Å². The van der Waals surface area contributed by atoms with Gasteiger partial charge >= 0.3 is 0 Å². The number of nitrogens with one attached hydrogen (secondary N) is 1. The van der Waals surface area contributed by atoms with E-state index < -0.39 is 23.1 Å². The zero-order chi connectivity index (χ0) is 31.8. The van der Waals surface area contributed by atoms with Crippen molar-refractivity contribution in [1.29, 1.82) is 0 Å². The van der Waals surface area contributed by atoms with Gasteiger partial charge in [-0.25, -0.2) is 23.4 Å². The normalized spacial score (nSPS) is 15.8. The van der Waals surface area contributed by atoms with Gasteiger partial charge in [0.05, 0.1) is 42.6 Å². The van der Waals surface area contributed by atoms with Gasteiger partial charge in [0.1, 0.15) is 23.8 Å². The van der Waals surface area contributed by atoms with Crippen LogP contribution in [0, 0.1) is 11.6 Å². The molecule has 2 aliphatic rings. The summed E-state index contributed by atoms with van der Waals surface area (Å²) in [6.45, 7) is 1.64. The number of carbonyl (C=O) groups excluding carboxylic acids is 1. The van der Waals surface area contributed by atoms with Crippen molar-refractivity contribution < 1.29 is 32.5 Å². The monoisotopic (exact) mass is 629 g/mol. The standard InChI is InChI=1S/C33H29F2N5O6/c1-43-28-15-23-25(16-29(28)45-22-11-13-44-17-22)36-18-37-32(23)46-27-10-7-20(14-24(27)35)38-31(41)30-26-4-2-3-12-39(26)40(33(30)42)21-8-5-19(34)6-9-21/h5-10,14-16,18,22H,2-4,11-13,17H2,1H3,(H,38,41). The molecule has 2 aliphatic heterocycles. The molecule has 2 aromatic heterocycles. The van der Waals surface area contributed by atoms with Gasteiger partial charge in [-0.2, -0.15) is 0 Å². The molecule has 4 heterocycles. The Hall–Kier alpha value is -5.30. The molecule has 0 bridgehead atoms. The average Bonchev–Trinajstić information content (AvgIpc) is 3.67. The predicted molar refractivity (Wildman–Crippen MR) is 163 cm³/mol. The Labute approximate surface area is 261 Å². The lowest BCUT2D eigenvalue weighted by Crippen LogP contribution is -2.26. The molecule has 1 unspecified atom stereocenters. The van der Waals surface area contributed by atoms with Crippen LogP contribution >= 0.6 is 0 Å². The summed E-state index contributed by atoms with van der Waals surface area (Å²) < 4.78 is 54.9. The number of methoxy groups -OCH3 is 1. The van der Waals surface area contributed by atoms with Crippen molar-refractivity contribution in [1.82, 2.24) is 19.3 Å². The zero-order valence-corrected chi connectivity index (χ0v) is 24.8. The van der Waals surface area contributed by atoms with E-state index in [1.165, 1.54) is 54.5 Å². The number of hydrogen-bond acceptors (Lipinski definition) is 8. The molecule has 0 saturated carbocycles. The lowest BCUT2D eigenvalue weighted by molar-refractivity contribution is 0.102. The maximum Gasteiger partial charge on any atom is 0.284 e. The molecule has 11 nitrogen and oxygen atoms in total. The first kappa shape index (κ1) is 29.4. The van der Waals surface area contributed by atoms with Crippen molar-refractivity contribution in [2.24, 2.45) is 0 Å². The smallest absolute Gasteiger partial charge is 0.284 e. The van der Waals surface area contributed by atoms with Crippen LogP contribution in [0.3, 0.4) is 0 Å². The second-order valence-electron chi connectivity index (χ2n) is 11.0. The molecule has 1 atom stereocenters. The van der Waals surface area contributed by atoms with Crippen molar-refractivity contribution in [2.45, 2.75) is 38.3 Å². The van der Waals surface area contributed by atoms with Crippen LogP contribution in [0.15, 0.2) is 65.7 Å². The Morgan fingerprint density at radius 2 is 1.87 bits per heavy atom. The van der Waals surface area contributed by atoms with Crippen LogP contribution in [0.5, 0.6) is 23.1 Å². The second kappa shape index (κ2) is 12.2. The van der Waals surface area contributed by atoms with Gasteiger partial charge < -0.3 is 24.3 Å². The molecule has 236 valence electrons. The van der Waals surface area contributed by atoms with Crippen molar-refractivity contribution >= 4 is 22.5 Å². The van der Waals surface area contributed by atoms with E-state index in [4.69, 9.17) is 18.9 Å². The summed E-state index contributed by atoms with van der Waals surface area (Å²) in [7, 11) is 1.51. The molecule has 0 spiro atoms. The highest BCUT2D eigenvalue weighted by molar-refractivity contribution is 6.05. The number of carbonyl (C=O) groups is 1. The van der Waals surface area contributed by atoms with Crippen LogP contribution in [-0.4, -0.2) is 51.7 Å². The highest BCUT2D eigenvalue weighted by atomic mass is 19.1. The molecule has 0 radical (unpaired) electrons. The van der Waals surface area contributed by atoms with Crippen LogP contribution in [-0.2, 0) is 17.7 Å². The van der Waals surface area contributed by atoms with E-state index in [1.54, 1.807) is 16.8 Å². The zero-order valence-electron chi connectivity index (χ0n) is 24.8. The number of amides is 1. The van der Waals surface area contributed by atoms with E-state index in [1.807, 2.05) is 0 Å². The molecule has 13 heteroatoms. The van der Waals surface area contributed by atoms with Crippen molar-refractivity contribution in [3.05, 3.63) is 94.2 Å². The van der Waals surface area contributed by atoms with Crippen LogP contribution < -0.4 is 25.1 Å². The van der Waals surface area contributed by atoms with E-state index in [9.17, 15) is 14.0 Å². The quantitative estimate of drug-likeness (QED) is 0.242. The van der Waals surface area contributed by atoms with Gasteiger partial charge in [-0.15, -0.1) is 0 Å². The highest BCUT2D eigenvalue weighted by Gasteiger charge is 2.28. The number of anilines is 1. The number of nitrogens with zero attached hydrogens (tertiary/aromatic N) is 4. The lowest BCUT2D eigenvalue weighted by atomic mass is 10.1. The SMILES string of the molecule is COc1cc2c(Oc3ccc(NC(=O)c4c5n(n(-c6ccc(F)cc6)c4=O)CCCC5)cc3F)ncnc2cc1OC1CCOC1. The maximum absolute atomic E-state index is 15.4. The van der Waals surface area contributed by atoms with Crippen molar-refractivity contribution in [2.75, 3.05) is 25.6 Å². The molecule has 1 N–H and O–H groups in total. The number of aromatic nitrogens is 4. The molecule has 3 aromatic carbocycles. The van der Waals surface area contributed by atoms with E-state index in [0.29, 0.717) is 60.0 Å². The Bertz CT molecular complexity index is 2000. The summed E-state index contributed by atoms with van der Waals surface area (Å²) in [4.78, 5) is 35.5. The third kappa shape index (κ3) is 5.53. The molecule has 0 aliphatic carbocycles. The Morgan fingerprint density at radius 3 is 2.63 bits per heavy atom. The van der Waals surface area contributed by atoms with Gasteiger partial charge in [0, 0.05) is 30.8 Å². The number of benzene rings is 3. The third-order valence-corrected chi connectivity index (χ3v) is 8.04. The number of rotatable bonds is 8. The lowest BCUT2D eigenvalue weighted by Gasteiger charge is -2.19. The summed E-state index contributed by atoms with van der Waals surface area (Å²) in [5.41, 5.74) is 1.10. The first-order chi connectivity index (χ1) is 22.4. The average molecular weight is 630 g/mol. The number of fused-ring (bicyclic) bond motifs is 2. The Kier molecular flexibility index (Phi) is 7.83. The minimum atomic E-state index is -0.764. The fourth-order valence-corrected chi connectivity index (χ4v) is 5.82. The van der Waals surface area contributed by atoms with Crippen molar-refractivity contribution in [3.8, 4) is 28.8 Å². The molecule has 7 rings (SSSR count). The summed E-state index contributed by atoms with van der Waals surface area (Å²) in [6.07, 6.45) is 4.12. The summed E-state index contributed by atoms with van der Waals surface area (Å²) in [6, 6.07) is 12.8. The second-order valence-corrected chi connectivity index (χ2v) is 11.0. The van der Waals surface area contributed by atoms with E-state index in [-0.39, 0.29) is 29.0 Å². The topological polar surface area (TPSA) is 119 Å². The highest BCUT2D eigenvalue weighted by Crippen LogP contribution is 2.37. The van der Waals surface area contributed by atoms with Crippen LogP contribution in [0.1, 0.15) is 35.3 Å². The van der Waals surface area contributed by atoms with Crippen molar-refractivity contribution in [3.63, 3.8) is 0 Å².